The van der Waals surface area contributed by atoms with Gasteiger partial charge in [-0.15, -0.1) is 0 Å². The zero-order chi connectivity index (χ0) is 17.3. The van der Waals surface area contributed by atoms with Gasteiger partial charge < -0.3 is 9.52 Å². The van der Waals surface area contributed by atoms with Crippen molar-refractivity contribution < 1.29 is 19.2 Å². The van der Waals surface area contributed by atoms with Crippen molar-refractivity contribution in [3.05, 3.63) is 62.9 Å². The SMILES string of the molecule is O=C1/C(=C/c2ccc(O)c([N+](=O)[O-])c2)SC(=S)N1Cc1ccco1. The van der Waals surface area contributed by atoms with Gasteiger partial charge in [0.15, 0.2) is 5.75 Å². The molecular formula is C15H10N2O5S2. The number of carbonyl (C=O) groups excluding carboxylic acids is 1. The number of thiocarbonyl (C=S) groups is 1. The van der Waals surface area contributed by atoms with Crippen molar-refractivity contribution in [2.75, 3.05) is 0 Å². The van der Waals surface area contributed by atoms with E-state index < -0.39 is 16.4 Å². The van der Waals surface area contributed by atoms with Crippen molar-refractivity contribution in [2.24, 2.45) is 0 Å². The third-order valence-corrected chi connectivity index (χ3v) is 4.64. The van der Waals surface area contributed by atoms with E-state index in [2.05, 4.69) is 0 Å². The molecule has 0 bridgehead atoms. The number of amides is 1. The standard InChI is InChI=1S/C15H10N2O5S2/c18-12-4-3-9(6-11(12)17(20)21)7-13-14(19)16(15(23)24-13)8-10-2-1-5-22-10/h1-7,18H,8H2/b13-7-. The largest absolute Gasteiger partial charge is 0.502 e. The van der Waals surface area contributed by atoms with Crippen LogP contribution in [0, 0.1) is 10.1 Å². The maximum absolute atomic E-state index is 12.5. The fourth-order valence-corrected chi connectivity index (χ4v) is 3.38. The highest BCUT2D eigenvalue weighted by molar-refractivity contribution is 8.26. The first-order valence-corrected chi connectivity index (χ1v) is 7.93. The Hall–Kier alpha value is -2.65. The van der Waals surface area contributed by atoms with E-state index >= 15 is 0 Å². The van der Waals surface area contributed by atoms with Gasteiger partial charge in [0.25, 0.3) is 5.91 Å². The molecule has 1 saturated heterocycles. The molecule has 1 aromatic heterocycles. The summed E-state index contributed by atoms with van der Waals surface area (Å²) in [6.45, 7) is 0.227. The zero-order valence-electron chi connectivity index (χ0n) is 12.0. The second-order valence-electron chi connectivity index (χ2n) is 4.85. The molecule has 1 aliphatic heterocycles. The number of rotatable bonds is 4. The Morgan fingerprint density at radius 3 is 2.88 bits per heavy atom. The van der Waals surface area contributed by atoms with E-state index in [0.29, 0.717) is 20.5 Å². The third kappa shape index (κ3) is 3.17. The Morgan fingerprint density at radius 2 is 2.21 bits per heavy atom. The van der Waals surface area contributed by atoms with Gasteiger partial charge in [-0.1, -0.05) is 30.0 Å². The summed E-state index contributed by atoms with van der Waals surface area (Å²) in [5, 5.41) is 20.3. The van der Waals surface area contributed by atoms with E-state index in [4.69, 9.17) is 16.6 Å². The zero-order valence-corrected chi connectivity index (χ0v) is 13.7. The average Bonchev–Trinajstić information content (AvgIpc) is 3.13. The molecule has 0 unspecified atom stereocenters. The Labute approximate surface area is 145 Å². The normalized spacial score (nSPS) is 16.2. The monoisotopic (exact) mass is 362 g/mol. The molecule has 9 heteroatoms. The molecule has 3 rings (SSSR count). The first-order valence-electron chi connectivity index (χ1n) is 6.71. The van der Waals surface area contributed by atoms with Crippen molar-refractivity contribution >= 4 is 46.0 Å². The molecule has 0 aliphatic carbocycles. The van der Waals surface area contributed by atoms with Crippen molar-refractivity contribution in [1.82, 2.24) is 4.90 Å². The Kier molecular flexibility index (Phi) is 4.36. The van der Waals surface area contributed by atoms with Crippen LogP contribution in [0.2, 0.25) is 0 Å². The van der Waals surface area contributed by atoms with E-state index in [9.17, 15) is 20.0 Å². The van der Waals surface area contributed by atoms with Gasteiger partial charge in [0, 0.05) is 6.07 Å². The number of hydrogen-bond acceptors (Lipinski definition) is 7. The van der Waals surface area contributed by atoms with Crippen LogP contribution in [-0.4, -0.2) is 25.2 Å². The molecule has 1 fully saturated rings. The molecule has 24 heavy (non-hydrogen) atoms. The number of aromatic hydroxyl groups is 1. The van der Waals surface area contributed by atoms with Gasteiger partial charge in [-0.25, -0.2) is 0 Å². The second-order valence-corrected chi connectivity index (χ2v) is 6.53. The Balaban J connectivity index is 1.86. The summed E-state index contributed by atoms with van der Waals surface area (Å²) in [7, 11) is 0. The van der Waals surface area contributed by atoms with Crippen molar-refractivity contribution in [1.29, 1.82) is 0 Å². The van der Waals surface area contributed by atoms with Gasteiger partial charge >= 0.3 is 5.69 Å². The van der Waals surface area contributed by atoms with Gasteiger partial charge in [-0.05, 0) is 29.8 Å². The second kappa shape index (κ2) is 6.46. The number of furan rings is 1. The summed E-state index contributed by atoms with van der Waals surface area (Å²) < 4.78 is 5.60. The fraction of sp³-hybridized carbons (Fsp3) is 0.0667. The molecule has 1 aliphatic rings. The summed E-state index contributed by atoms with van der Waals surface area (Å²) in [5.74, 6) is -0.118. The lowest BCUT2D eigenvalue weighted by atomic mass is 10.1. The van der Waals surface area contributed by atoms with Crippen LogP contribution in [0.15, 0.2) is 45.9 Å². The highest BCUT2D eigenvalue weighted by Crippen LogP contribution is 2.35. The van der Waals surface area contributed by atoms with Gasteiger partial charge in [0.2, 0.25) is 0 Å². The lowest BCUT2D eigenvalue weighted by Gasteiger charge is -2.11. The van der Waals surface area contributed by atoms with Crippen LogP contribution in [0.5, 0.6) is 5.75 Å². The van der Waals surface area contributed by atoms with Crippen LogP contribution in [0.1, 0.15) is 11.3 Å². The molecule has 1 amide bonds. The summed E-state index contributed by atoms with van der Waals surface area (Å²) in [6, 6.07) is 7.37. The third-order valence-electron chi connectivity index (χ3n) is 3.26. The van der Waals surface area contributed by atoms with E-state index in [1.54, 1.807) is 12.1 Å². The molecule has 122 valence electrons. The number of phenols is 1. The smallest absolute Gasteiger partial charge is 0.311 e. The molecule has 1 N–H and O–H groups in total. The van der Waals surface area contributed by atoms with Crippen molar-refractivity contribution in [3.8, 4) is 5.75 Å². The van der Waals surface area contributed by atoms with Crippen molar-refractivity contribution in [2.45, 2.75) is 6.54 Å². The van der Waals surface area contributed by atoms with Crippen LogP contribution in [0.4, 0.5) is 5.69 Å². The fourth-order valence-electron chi connectivity index (χ4n) is 2.12. The van der Waals surface area contributed by atoms with Gasteiger partial charge in [-0.2, -0.15) is 0 Å². The summed E-state index contributed by atoms with van der Waals surface area (Å²) in [4.78, 5) is 24.4. The molecule has 0 saturated carbocycles. The first-order chi connectivity index (χ1) is 11.5. The van der Waals surface area contributed by atoms with Crippen molar-refractivity contribution in [3.63, 3.8) is 0 Å². The van der Waals surface area contributed by atoms with Crippen LogP contribution in [-0.2, 0) is 11.3 Å². The van der Waals surface area contributed by atoms with Gasteiger partial charge in [-0.3, -0.25) is 19.8 Å². The number of hydrogen-bond donors (Lipinski definition) is 1. The number of thioether (sulfide) groups is 1. The average molecular weight is 362 g/mol. The molecular weight excluding hydrogens is 352 g/mol. The number of nitro groups is 1. The molecule has 0 radical (unpaired) electrons. The molecule has 0 spiro atoms. The minimum atomic E-state index is -0.686. The molecule has 2 heterocycles. The first kappa shape index (κ1) is 16.2. The van der Waals surface area contributed by atoms with E-state index in [0.717, 1.165) is 11.8 Å². The van der Waals surface area contributed by atoms with E-state index in [-0.39, 0.29) is 12.5 Å². The topological polar surface area (TPSA) is 96.8 Å². The number of benzene rings is 1. The molecule has 7 nitrogen and oxygen atoms in total. The minimum Gasteiger partial charge on any atom is -0.502 e. The number of carbonyl (C=O) groups is 1. The lowest BCUT2D eigenvalue weighted by Crippen LogP contribution is -2.27. The molecule has 0 atom stereocenters. The van der Waals surface area contributed by atoms with Crippen LogP contribution >= 0.6 is 24.0 Å². The highest BCUT2D eigenvalue weighted by atomic mass is 32.2. The maximum Gasteiger partial charge on any atom is 0.311 e. The highest BCUT2D eigenvalue weighted by Gasteiger charge is 2.32. The Bertz CT molecular complexity index is 861. The van der Waals surface area contributed by atoms with E-state index in [1.165, 1.54) is 35.4 Å². The quantitative estimate of drug-likeness (QED) is 0.386. The predicted octanol–water partition coefficient (Wildman–Crippen LogP) is 3.29. The Morgan fingerprint density at radius 1 is 1.42 bits per heavy atom. The lowest BCUT2D eigenvalue weighted by molar-refractivity contribution is -0.385. The molecule has 2 aromatic rings. The maximum atomic E-state index is 12.5. The minimum absolute atomic E-state index is 0.227. The molecule has 1 aromatic carbocycles. The number of nitro benzene ring substituents is 1. The van der Waals surface area contributed by atoms with Crippen LogP contribution < -0.4 is 0 Å². The predicted molar refractivity (Wildman–Crippen MR) is 92.2 cm³/mol. The summed E-state index contributed by atoms with van der Waals surface area (Å²) in [6.07, 6.45) is 3.02. The summed E-state index contributed by atoms with van der Waals surface area (Å²) >= 11 is 6.32. The summed E-state index contributed by atoms with van der Waals surface area (Å²) in [5.41, 5.74) is 0.00723. The van der Waals surface area contributed by atoms with Gasteiger partial charge in [0.05, 0.1) is 22.6 Å². The van der Waals surface area contributed by atoms with Crippen LogP contribution in [0.25, 0.3) is 6.08 Å². The van der Waals surface area contributed by atoms with Crippen LogP contribution in [0.3, 0.4) is 0 Å². The van der Waals surface area contributed by atoms with Gasteiger partial charge in [0.1, 0.15) is 10.1 Å². The number of nitrogens with zero attached hydrogens (tertiary/aromatic N) is 2. The number of phenolic OH excluding ortho intramolecular Hbond substituents is 1. The van der Waals surface area contributed by atoms with E-state index in [1.807, 2.05) is 0 Å².